The molecule has 0 spiro atoms. The van der Waals surface area contributed by atoms with E-state index in [0.717, 1.165) is 4.90 Å². The maximum atomic E-state index is 12.4. The number of rotatable bonds is 4. The zero-order chi connectivity index (χ0) is 16.4. The summed E-state index contributed by atoms with van der Waals surface area (Å²) >= 11 is 0. The molecule has 1 N–H and O–H groups in total. The van der Waals surface area contributed by atoms with Crippen molar-refractivity contribution in [3.63, 3.8) is 0 Å². The molecule has 1 aliphatic heterocycles. The Bertz CT molecular complexity index is 519. The molecule has 1 heterocycles. The SMILES string of the molecule is CN(C(=O)N(CC(=O)O)CC(F)(F)F)C1CCS(=O)(=O)C1. The lowest BCUT2D eigenvalue weighted by molar-refractivity contribution is -0.149. The quantitative estimate of drug-likeness (QED) is 0.792. The second kappa shape index (κ2) is 6.08. The summed E-state index contributed by atoms with van der Waals surface area (Å²) in [4.78, 5) is 23.5. The number of carbonyl (C=O) groups is 2. The smallest absolute Gasteiger partial charge is 0.406 e. The summed E-state index contributed by atoms with van der Waals surface area (Å²) in [6.45, 7) is -2.82. The van der Waals surface area contributed by atoms with Crippen LogP contribution in [0, 0.1) is 0 Å². The summed E-state index contributed by atoms with van der Waals surface area (Å²) in [5, 5.41) is 8.58. The molecular formula is C10H15F3N2O5S. The van der Waals surface area contributed by atoms with E-state index in [1.54, 1.807) is 0 Å². The Morgan fingerprint density at radius 3 is 2.29 bits per heavy atom. The number of carboxylic acid groups (broad SMARTS) is 1. The molecule has 0 aromatic heterocycles. The van der Waals surface area contributed by atoms with E-state index in [1.807, 2.05) is 0 Å². The van der Waals surface area contributed by atoms with Crippen LogP contribution in [0.5, 0.6) is 0 Å². The van der Waals surface area contributed by atoms with E-state index in [1.165, 1.54) is 7.05 Å². The molecule has 2 amide bonds. The first-order valence-corrected chi connectivity index (χ1v) is 7.74. The monoisotopic (exact) mass is 332 g/mol. The number of carboxylic acids is 1. The molecule has 1 saturated heterocycles. The molecule has 0 aromatic rings. The largest absolute Gasteiger partial charge is 0.480 e. The van der Waals surface area contributed by atoms with Crippen LogP contribution in [0.4, 0.5) is 18.0 Å². The molecule has 1 atom stereocenters. The van der Waals surface area contributed by atoms with Crippen LogP contribution in [0.25, 0.3) is 0 Å². The fourth-order valence-corrected chi connectivity index (χ4v) is 3.81. The predicted molar refractivity (Wildman–Crippen MR) is 65.5 cm³/mol. The van der Waals surface area contributed by atoms with E-state index >= 15 is 0 Å². The summed E-state index contributed by atoms with van der Waals surface area (Å²) in [6, 6.07) is -1.90. The highest BCUT2D eigenvalue weighted by atomic mass is 32.2. The molecule has 0 radical (unpaired) electrons. The first kappa shape index (κ1) is 17.5. The zero-order valence-corrected chi connectivity index (χ0v) is 11.9. The van der Waals surface area contributed by atoms with E-state index < -0.39 is 47.1 Å². The average molecular weight is 332 g/mol. The third kappa shape index (κ3) is 5.40. The maximum Gasteiger partial charge on any atom is 0.406 e. The minimum Gasteiger partial charge on any atom is -0.480 e. The van der Waals surface area contributed by atoms with Crippen LogP contribution in [-0.2, 0) is 14.6 Å². The molecule has 11 heteroatoms. The fraction of sp³-hybridized carbons (Fsp3) is 0.800. The second-order valence-corrected chi connectivity index (χ2v) is 7.04. The Labute approximate surface area is 119 Å². The molecule has 1 aliphatic rings. The van der Waals surface area contributed by atoms with E-state index in [4.69, 9.17) is 5.11 Å². The molecule has 0 bridgehead atoms. The van der Waals surface area contributed by atoms with Crippen molar-refractivity contribution in [3.8, 4) is 0 Å². The molecule has 1 rings (SSSR count). The van der Waals surface area contributed by atoms with Crippen molar-refractivity contribution in [2.24, 2.45) is 0 Å². The van der Waals surface area contributed by atoms with E-state index in [-0.39, 0.29) is 22.8 Å². The summed E-state index contributed by atoms with van der Waals surface area (Å²) in [7, 11) is -2.14. The lowest BCUT2D eigenvalue weighted by Crippen LogP contribution is -2.50. The maximum absolute atomic E-state index is 12.4. The van der Waals surface area contributed by atoms with E-state index in [9.17, 15) is 31.2 Å². The predicted octanol–water partition coefficient (Wildman–Crippen LogP) is 0.174. The molecule has 1 unspecified atom stereocenters. The van der Waals surface area contributed by atoms with Gasteiger partial charge in [-0.25, -0.2) is 13.2 Å². The molecule has 0 aliphatic carbocycles. The number of amides is 2. The number of aliphatic carboxylic acids is 1. The lowest BCUT2D eigenvalue weighted by atomic mass is 10.2. The van der Waals surface area contributed by atoms with Crippen molar-refractivity contribution < 1.29 is 36.3 Å². The van der Waals surface area contributed by atoms with Gasteiger partial charge in [0.05, 0.1) is 11.5 Å². The van der Waals surface area contributed by atoms with Crippen molar-refractivity contribution in [1.29, 1.82) is 0 Å². The highest BCUT2D eigenvalue weighted by Gasteiger charge is 2.38. The van der Waals surface area contributed by atoms with Gasteiger partial charge in [0.25, 0.3) is 0 Å². The minimum atomic E-state index is -4.74. The number of halogens is 3. The number of carbonyl (C=O) groups excluding carboxylic acids is 1. The molecule has 21 heavy (non-hydrogen) atoms. The van der Waals surface area contributed by atoms with Gasteiger partial charge in [-0.05, 0) is 6.42 Å². The van der Waals surface area contributed by atoms with Crippen LogP contribution in [0.15, 0.2) is 0 Å². The van der Waals surface area contributed by atoms with Gasteiger partial charge < -0.3 is 14.9 Å². The molecular weight excluding hydrogens is 317 g/mol. The standard InChI is InChI=1S/C10H15F3N2O5S/c1-14(7-2-3-21(19,20)5-7)9(18)15(4-8(16)17)6-10(11,12)13/h7H,2-6H2,1H3,(H,16,17). The minimum absolute atomic E-state index is 0.123. The number of hydrogen-bond donors (Lipinski definition) is 1. The highest BCUT2D eigenvalue weighted by Crippen LogP contribution is 2.20. The zero-order valence-electron chi connectivity index (χ0n) is 11.1. The Morgan fingerprint density at radius 2 is 1.90 bits per heavy atom. The third-order valence-electron chi connectivity index (χ3n) is 3.02. The van der Waals surface area contributed by atoms with Crippen molar-refractivity contribution >= 4 is 21.8 Å². The number of alkyl halides is 3. The van der Waals surface area contributed by atoms with Crippen LogP contribution < -0.4 is 0 Å². The van der Waals surface area contributed by atoms with Gasteiger partial charge in [-0.2, -0.15) is 13.2 Å². The Balaban J connectivity index is 2.82. The Morgan fingerprint density at radius 1 is 1.33 bits per heavy atom. The molecule has 122 valence electrons. The second-order valence-electron chi connectivity index (χ2n) is 4.82. The summed E-state index contributed by atoms with van der Waals surface area (Å²) in [5.74, 6) is -2.06. The van der Waals surface area contributed by atoms with Gasteiger partial charge in [0.2, 0.25) is 0 Å². The molecule has 0 saturated carbocycles. The van der Waals surface area contributed by atoms with Crippen LogP contribution in [-0.4, -0.2) is 79.2 Å². The first-order valence-electron chi connectivity index (χ1n) is 5.92. The van der Waals surface area contributed by atoms with Gasteiger partial charge in [0.1, 0.15) is 13.1 Å². The topological polar surface area (TPSA) is 95.0 Å². The van der Waals surface area contributed by atoms with Crippen LogP contribution in [0.2, 0.25) is 0 Å². The third-order valence-corrected chi connectivity index (χ3v) is 4.77. The van der Waals surface area contributed by atoms with Gasteiger partial charge >= 0.3 is 18.2 Å². The van der Waals surface area contributed by atoms with Crippen LogP contribution in [0.3, 0.4) is 0 Å². The van der Waals surface area contributed by atoms with Crippen LogP contribution in [0.1, 0.15) is 6.42 Å². The summed E-state index contributed by atoms with van der Waals surface area (Å²) in [6.07, 6.45) is -4.62. The number of nitrogens with zero attached hydrogens (tertiary/aromatic N) is 2. The summed E-state index contributed by atoms with van der Waals surface area (Å²) in [5.41, 5.74) is 0. The molecule has 1 fully saturated rings. The van der Waals surface area contributed by atoms with Crippen molar-refractivity contribution in [1.82, 2.24) is 9.80 Å². The lowest BCUT2D eigenvalue weighted by Gasteiger charge is -2.30. The van der Waals surface area contributed by atoms with E-state index in [0.29, 0.717) is 0 Å². The normalized spacial score (nSPS) is 21.0. The summed E-state index contributed by atoms with van der Waals surface area (Å²) < 4.78 is 59.8. The van der Waals surface area contributed by atoms with Crippen molar-refractivity contribution in [2.75, 3.05) is 31.6 Å². The fourth-order valence-electron chi connectivity index (χ4n) is 2.03. The molecule has 7 nitrogen and oxygen atoms in total. The van der Waals surface area contributed by atoms with Gasteiger partial charge in [-0.1, -0.05) is 0 Å². The Kier molecular flexibility index (Phi) is 5.07. The van der Waals surface area contributed by atoms with Crippen molar-refractivity contribution in [3.05, 3.63) is 0 Å². The number of hydrogen-bond acceptors (Lipinski definition) is 4. The van der Waals surface area contributed by atoms with Gasteiger partial charge in [-0.3, -0.25) is 4.79 Å². The number of sulfone groups is 1. The number of urea groups is 1. The van der Waals surface area contributed by atoms with Gasteiger partial charge in [0, 0.05) is 13.1 Å². The average Bonchev–Trinajstić information content (AvgIpc) is 2.64. The van der Waals surface area contributed by atoms with E-state index in [2.05, 4.69) is 0 Å². The molecule has 0 aromatic carbocycles. The van der Waals surface area contributed by atoms with Gasteiger partial charge in [0.15, 0.2) is 9.84 Å². The van der Waals surface area contributed by atoms with Gasteiger partial charge in [-0.15, -0.1) is 0 Å². The first-order chi connectivity index (χ1) is 9.41. The van der Waals surface area contributed by atoms with Crippen LogP contribution >= 0.6 is 0 Å². The van der Waals surface area contributed by atoms with Crippen molar-refractivity contribution in [2.45, 2.75) is 18.6 Å². The highest BCUT2D eigenvalue weighted by molar-refractivity contribution is 7.91. The Hall–Kier alpha value is -1.52.